The van der Waals surface area contributed by atoms with Crippen molar-refractivity contribution in [2.45, 2.75) is 19.1 Å². The molecule has 130 valence electrons. The lowest BCUT2D eigenvalue weighted by Crippen LogP contribution is -2.35. The smallest absolute Gasteiger partial charge is 0.416 e. The molecular weight excluding hydrogens is 343 g/mol. The standard InChI is InChI=1S/C15H16F3N3O2S/c1-3-23-13(22)10-11(20-14(24-2)21-12(10)19)8-6-4-5-7-9(8)15(16,17)18/h4-7,11H,3,19H2,1-2H3,(H,20,21). The SMILES string of the molecule is CCOC(=O)C1=C(N)NC(SC)=NC1c1ccccc1C(F)(F)F. The third-order valence-electron chi connectivity index (χ3n) is 3.30. The molecule has 0 saturated carbocycles. The van der Waals surface area contributed by atoms with E-state index < -0.39 is 23.8 Å². The number of nitrogens with two attached hydrogens (primary N) is 1. The maximum absolute atomic E-state index is 13.3. The topological polar surface area (TPSA) is 76.7 Å². The van der Waals surface area contributed by atoms with Crippen LogP contribution in [0.5, 0.6) is 0 Å². The maximum Gasteiger partial charge on any atom is 0.416 e. The fraction of sp³-hybridized carbons (Fsp3) is 0.333. The lowest BCUT2D eigenvalue weighted by molar-refractivity contribution is -0.140. The van der Waals surface area contributed by atoms with Gasteiger partial charge in [0.1, 0.15) is 17.4 Å². The third kappa shape index (κ3) is 3.66. The normalized spacial score (nSPS) is 18.0. The molecule has 0 aliphatic carbocycles. The van der Waals surface area contributed by atoms with Crippen molar-refractivity contribution < 1.29 is 22.7 Å². The van der Waals surface area contributed by atoms with Crippen molar-refractivity contribution >= 4 is 22.9 Å². The van der Waals surface area contributed by atoms with Gasteiger partial charge in [0.15, 0.2) is 5.17 Å². The number of carbonyl (C=O) groups is 1. The fourth-order valence-corrected chi connectivity index (χ4v) is 2.72. The minimum atomic E-state index is -4.58. The van der Waals surface area contributed by atoms with Gasteiger partial charge in [0.05, 0.1) is 12.2 Å². The first kappa shape index (κ1) is 18.2. The van der Waals surface area contributed by atoms with E-state index in [1.165, 1.54) is 30.0 Å². The van der Waals surface area contributed by atoms with Crippen LogP contribution in [0.15, 0.2) is 40.7 Å². The second-order valence-corrected chi connectivity index (χ2v) is 5.59. The lowest BCUT2D eigenvalue weighted by atomic mass is 9.93. The molecule has 0 fully saturated rings. The van der Waals surface area contributed by atoms with E-state index in [-0.39, 0.29) is 23.6 Å². The summed E-state index contributed by atoms with van der Waals surface area (Å²) in [6.07, 6.45) is -2.88. The van der Waals surface area contributed by atoms with Gasteiger partial charge in [0, 0.05) is 0 Å². The van der Waals surface area contributed by atoms with Gasteiger partial charge in [0.25, 0.3) is 0 Å². The van der Waals surface area contributed by atoms with Crippen LogP contribution in [0.4, 0.5) is 13.2 Å². The Morgan fingerprint density at radius 2 is 2.08 bits per heavy atom. The number of alkyl halides is 3. The average molecular weight is 359 g/mol. The van der Waals surface area contributed by atoms with Crippen LogP contribution < -0.4 is 11.1 Å². The number of amidine groups is 1. The van der Waals surface area contributed by atoms with Crippen LogP contribution in [0.2, 0.25) is 0 Å². The summed E-state index contributed by atoms with van der Waals surface area (Å²) in [5, 5.41) is 3.02. The molecule has 1 aromatic carbocycles. The molecular formula is C15H16F3N3O2S. The summed E-state index contributed by atoms with van der Waals surface area (Å²) in [4.78, 5) is 16.4. The van der Waals surface area contributed by atoms with Crippen LogP contribution in [-0.4, -0.2) is 24.0 Å². The van der Waals surface area contributed by atoms with Crippen LogP contribution in [0.25, 0.3) is 0 Å². The van der Waals surface area contributed by atoms with Crippen molar-refractivity contribution in [3.63, 3.8) is 0 Å². The van der Waals surface area contributed by atoms with E-state index in [1.54, 1.807) is 13.2 Å². The molecule has 3 N–H and O–H groups in total. The van der Waals surface area contributed by atoms with Gasteiger partial charge in [0.2, 0.25) is 0 Å². The highest BCUT2D eigenvalue weighted by atomic mass is 32.2. The van der Waals surface area contributed by atoms with Crippen molar-refractivity contribution in [2.75, 3.05) is 12.9 Å². The zero-order chi connectivity index (χ0) is 17.9. The van der Waals surface area contributed by atoms with Crippen molar-refractivity contribution in [1.82, 2.24) is 5.32 Å². The molecule has 1 heterocycles. The second kappa shape index (κ2) is 7.16. The minimum absolute atomic E-state index is 0.0604. The van der Waals surface area contributed by atoms with Gasteiger partial charge in [-0.3, -0.25) is 0 Å². The van der Waals surface area contributed by atoms with Gasteiger partial charge in [-0.05, 0) is 24.8 Å². The summed E-state index contributed by atoms with van der Waals surface area (Å²) in [7, 11) is 0. The van der Waals surface area contributed by atoms with Crippen molar-refractivity contribution in [3.05, 3.63) is 46.8 Å². The van der Waals surface area contributed by atoms with E-state index in [2.05, 4.69) is 10.3 Å². The predicted octanol–water partition coefficient (Wildman–Crippen LogP) is 2.80. The number of rotatable bonds is 3. The Morgan fingerprint density at radius 3 is 2.67 bits per heavy atom. The zero-order valence-corrected chi connectivity index (χ0v) is 13.8. The van der Waals surface area contributed by atoms with Gasteiger partial charge in [-0.2, -0.15) is 13.2 Å². The number of halogens is 3. The van der Waals surface area contributed by atoms with Gasteiger partial charge >= 0.3 is 12.1 Å². The molecule has 1 atom stereocenters. The number of ether oxygens (including phenoxy) is 1. The number of carbonyl (C=O) groups excluding carboxylic acids is 1. The van der Waals surface area contributed by atoms with E-state index in [4.69, 9.17) is 10.5 Å². The number of nitrogens with one attached hydrogen (secondary N) is 1. The monoisotopic (exact) mass is 359 g/mol. The van der Waals surface area contributed by atoms with Gasteiger partial charge in [-0.15, -0.1) is 0 Å². The largest absolute Gasteiger partial charge is 0.462 e. The second-order valence-electron chi connectivity index (χ2n) is 4.80. The fourth-order valence-electron chi connectivity index (χ4n) is 2.30. The molecule has 0 spiro atoms. The molecule has 1 aliphatic heterocycles. The molecule has 9 heteroatoms. The van der Waals surface area contributed by atoms with Crippen LogP contribution in [0.3, 0.4) is 0 Å². The number of benzene rings is 1. The van der Waals surface area contributed by atoms with Gasteiger partial charge < -0.3 is 15.8 Å². The summed E-state index contributed by atoms with van der Waals surface area (Å²) in [5.41, 5.74) is 4.71. The zero-order valence-electron chi connectivity index (χ0n) is 13.0. The van der Waals surface area contributed by atoms with Crippen LogP contribution in [0, 0.1) is 0 Å². The Labute approximate surface area is 141 Å². The minimum Gasteiger partial charge on any atom is -0.462 e. The van der Waals surface area contributed by atoms with E-state index in [9.17, 15) is 18.0 Å². The molecule has 1 aliphatic rings. The Hall–Kier alpha value is -2.16. The highest BCUT2D eigenvalue weighted by Gasteiger charge is 2.39. The molecule has 0 bridgehead atoms. The summed E-state index contributed by atoms with van der Waals surface area (Å²) < 4.78 is 44.9. The first-order valence-corrected chi connectivity index (χ1v) is 8.23. The summed E-state index contributed by atoms with van der Waals surface area (Å²) in [6, 6.07) is 3.78. The Kier molecular flexibility index (Phi) is 5.43. The van der Waals surface area contributed by atoms with Gasteiger partial charge in [-0.25, -0.2) is 9.79 Å². The van der Waals surface area contributed by atoms with Crippen molar-refractivity contribution in [2.24, 2.45) is 10.7 Å². The highest BCUT2D eigenvalue weighted by molar-refractivity contribution is 8.13. The molecule has 2 rings (SSSR count). The number of thioether (sulfide) groups is 1. The quantitative estimate of drug-likeness (QED) is 0.812. The number of esters is 1. The Bertz CT molecular complexity index is 701. The number of hydrogen-bond acceptors (Lipinski definition) is 6. The van der Waals surface area contributed by atoms with Crippen LogP contribution >= 0.6 is 11.8 Å². The molecule has 0 aromatic heterocycles. The maximum atomic E-state index is 13.3. The molecule has 0 saturated heterocycles. The molecule has 5 nitrogen and oxygen atoms in total. The number of nitrogens with zero attached hydrogens (tertiary/aromatic N) is 1. The summed E-state index contributed by atoms with van der Waals surface area (Å²) in [5.74, 6) is -0.858. The number of hydrogen-bond donors (Lipinski definition) is 2. The van der Waals surface area contributed by atoms with Crippen LogP contribution in [0.1, 0.15) is 24.1 Å². The average Bonchev–Trinajstić information content (AvgIpc) is 2.53. The number of aliphatic imine (C=N–C) groups is 1. The first-order chi connectivity index (χ1) is 11.3. The van der Waals surface area contributed by atoms with E-state index in [0.29, 0.717) is 5.17 Å². The molecule has 1 unspecified atom stereocenters. The molecule has 1 aromatic rings. The van der Waals surface area contributed by atoms with E-state index in [0.717, 1.165) is 6.07 Å². The van der Waals surface area contributed by atoms with Crippen molar-refractivity contribution in [3.8, 4) is 0 Å². The highest BCUT2D eigenvalue weighted by Crippen LogP contribution is 2.40. The van der Waals surface area contributed by atoms with Crippen molar-refractivity contribution in [1.29, 1.82) is 0 Å². The molecule has 0 amide bonds. The third-order valence-corrected chi connectivity index (χ3v) is 3.90. The van der Waals surface area contributed by atoms with Crippen LogP contribution in [-0.2, 0) is 15.7 Å². The first-order valence-electron chi connectivity index (χ1n) is 7.01. The summed E-state index contributed by atoms with van der Waals surface area (Å²) in [6.45, 7) is 1.67. The predicted molar refractivity (Wildman–Crippen MR) is 86.1 cm³/mol. The van der Waals surface area contributed by atoms with E-state index in [1.807, 2.05) is 0 Å². The molecule has 0 radical (unpaired) electrons. The van der Waals surface area contributed by atoms with E-state index >= 15 is 0 Å². The molecule has 24 heavy (non-hydrogen) atoms. The van der Waals surface area contributed by atoms with Gasteiger partial charge in [-0.1, -0.05) is 30.0 Å². The summed E-state index contributed by atoms with van der Waals surface area (Å²) >= 11 is 1.18. The Morgan fingerprint density at radius 1 is 1.42 bits per heavy atom. The Balaban J connectivity index is 2.61. The lowest BCUT2D eigenvalue weighted by Gasteiger charge is -2.26.